The molecule has 0 spiro atoms. The molecular formula is C11H12ClNO2. The molecule has 1 N–H and O–H groups in total. The second kappa shape index (κ2) is 4.53. The van der Waals surface area contributed by atoms with Gasteiger partial charge in [0.1, 0.15) is 11.6 Å². The van der Waals surface area contributed by atoms with Crippen LogP contribution in [0.2, 0.25) is 0 Å². The van der Waals surface area contributed by atoms with E-state index in [4.69, 9.17) is 16.3 Å². The molecule has 0 saturated carbocycles. The fraction of sp³-hybridized carbons (Fsp3) is 0.364. The Kier molecular flexibility index (Phi) is 3.11. The number of fused-ring (bicyclic) bond motifs is 1. The predicted octanol–water partition coefficient (Wildman–Crippen LogP) is 1.87. The molecule has 0 fully saturated rings. The highest BCUT2D eigenvalue weighted by molar-refractivity contribution is 6.27. The van der Waals surface area contributed by atoms with E-state index in [1.165, 1.54) is 0 Å². The Hall–Kier alpha value is -1.22. The van der Waals surface area contributed by atoms with Crippen LogP contribution in [0.3, 0.4) is 0 Å². The minimum atomic E-state index is -0.140. The Bertz CT molecular complexity index is 367. The summed E-state index contributed by atoms with van der Waals surface area (Å²) in [6.45, 7) is 0.629. The van der Waals surface area contributed by atoms with Gasteiger partial charge in [0.05, 0.1) is 12.6 Å². The molecule has 80 valence electrons. The van der Waals surface area contributed by atoms with Crippen molar-refractivity contribution in [3.8, 4) is 5.75 Å². The van der Waals surface area contributed by atoms with Crippen LogP contribution in [0.15, 0.2) is 24.3 Å². The summed E-state index contributed by atoms with van der Waals surface area (Å²) in [4.78, 5) is 11.2. The summed E-state index contributed by atoms with van der Waals surface area (Å²) in [5.41, 5.74) is 1.03. The molecule has 0 aromatic heterocycles. The number of hydrogen-bond acceptors (Lipinski definition) is 2. The fourth-order valence-electron chi connectivity index (χ4n) is 1.72. The maximum absolute atomic E-state index is 11.2. The van der Waals surface area contributed by atoms with E-state index in [2.05, 4.69) is 5.32 Å². The zero-order chi connectivity index (χ0) is 10.7. The Morgan fingerprint density at radius 1 is 1.53 bits per heavy atom. The Labute approximate surface area is 93.4 Å². The average molecular weight is 226 g/mol. The number of amides is 1. The molecule has 2 rings (SSSR count). The third-order valence-corrected chi connectivity index (χ3v) is 2.66. The maximum atomic E-state index is 11.2. The number of halogens is 1. The van der Waals surface area contributed by atoms with Gasteiger partial charge in [-0.3, -0.25) is 4.79 Å². The zero-order valence-electron chi connectivity index (χ0n) is 8.20. The van der Waals surface area contributed by atoms with Gasteiger partial charge >= 0.3 is 0 Å². The number of nitrogens with one attached hydrogen (secondary N) is 1. The summed E-state index contributed by atoms with van der Waals surface area (Å²) in [5, 5.41) is 2.87. The monoisotopic (exact) mass is 225 g/mol. The van der Waals surface area contributed by atoms with Gasteiger partial charge in [-0.25, -0.2) is 0 Å². The number of hydrogen-bond donors (Lipinski definition) is 1. The average Bonchev–Trinajstić information content (AvgIpc) is 2.29. The smallest absolute Gasteiger partial charge is 0.235 e. The van der Waals surface area contributed by atoms with Crippen molar-refractivity contribution in [1.29, 1.82) is 0 Å². The molecule has 15 heavy (non-hydrogen) atoms. The second-order valence-corrected chi connectivity index (χ2v) is 3.70. The molecule has 0 bridgehead atoms. The number of alkyl halides is 1. The van der Waals surface area contributed by atoms with Crippen molar-refractivity contribution in [2.75, 3.05) is 12.5 Å². The van der Waals surface area contributed by atoms with Crippen molar-refractivity contribution in [2.24, 2.45) is 0 Å². The van der Waals surface area contributed by atoms with Crippen molar-refractivity contribution in [3.63, 3.8) is 0 Å². The number of carbonyl (C=O) groups excluding carboxylic acids is 1. The Morgan fingerprint density at radius 3 is 3.13 bits per heavy atom. The Morgan fingerprint density at radius 2 is 2.33 bits per heavy atom. The van der Waals surface area contributed by atoms with Gasteiger partial charge in [-0.2, -0.15) is 0 Å². The highest BCUT2D eigenvalue weighted by Gasteiger charge is 2.21. The van der Waals surface area contributed by atoms with Gasteiger partial charge in [0.2, 0.25) is 5.91 Å². The highest BCUT2D eigenvalue weighted by Crippen LogP contribution is 2.31. The van der Waals surface area contributed by atoms with Gasteiger partial charge in [-0.05, 0) is 6.07 Å². The molecule has 1 aromatic rings. The van der Waals surface area contributed by atoms with Crippen molar-refractivity contribution in [1.82, 2.24) is 5.32 Å². The number of para-hydroxylation sites is 1. The molecule has 1 amide bonds. The molecule has 1 unspecified atom stereocenters. The van der Waals surface area contributed by atoms with Crippen molar-refractivity contribution < 1.29 is 9.53 Å². The van der Waals surface area contributed by atoms with E-state index in [0.29, 0.717) is 6.61 Å². The largest absolute Gasteiger partial charge is 0.493 e. The molecule has 3 nitrogen and oxygen atoms in total. The van der Waals surface area contributed by atoms with E-state index in [0.717, 1.165) is 17.7 Å². The second-order valence-electron chi connectivity index (χ2n) is 3.43. The van der Waals surface area contributed by atoms with Crippen LogP contribution in [-0.2, 0) is 4.79 Å². The standard InChI is InChI=1S/C11H12ClNO2/c12-7-11(14)13-9-5-6-15-10-4-2-1-3-8(9)10/h1-4,9H,5-7H2,(H,13,14). The number of rotatable bonds is 2. The minimum Gasteiger partial charge on any atom is -0.493 e. The highest BCUT2D eigenvalue weighted by atomic mass is 35.5. The lowest BCUT2D eigenvalue weighted by Crippen LogP contribution is -2.32. The van der Waals surface area contributed by atoms with Crippen molar-refractivity contribution in [3.05, 3.63) is 29.8 Å². The quantitative estimate of drug-likeness (QED) is 0.781. The fourth-order valence-corrected chi connectivity index (χ4v) is 1.80. The normalized spacial score (nSPS) is 18.9. The molecule has 0 radical (unpaired) electrons. The molecular weight excluding hydrogens is 214 g/mol. The molecule has 1 atom stereocenters. The van der Waals surface area contributed by atoms with Gasteiger partial charge in [0, 0.05) is 12.0 Å². The lowest BCUT2D eigenvalue weighted by Gasteiger charge is -2.26. The summed E-state index contributed by atoms with van der Waals surface area (Å²) >= 11 is 5.46. The van der Waals surface area contributed by atoms with E-state index in [-0.39, 0.29) is 17.8 Å². The number of ether oxygens (including phenoxy) is 1. The van der Waals surface area contributed by atoms with Gasteiger partial charge in [-0.15, -0.1) is 11.6 Å². The third-order valence-electron chi connectivity index (χ3n) is 2.42. The van der Waals surface area contributed by atoms with Crippen LogP contribution in [0.1, 0.15) is 18.0 Å². The minimum absolute atomic E-state index is 0.000472. The van der Waals surface area contributed by atoms with E-state index >= 15 is 0 Å². The zero-order valence-corrected chi connectivity index (χ0v) is 8.96. The first-order chi connectivity index (χ1) is 7.31. The lowest BCUT2D eigenvalue weighted by molar-refractivity contribution is -0.119. The van der Waals surface area contributed by atoms with Crippen LogP contribution in [-0.4, -0.2) is 18.4 Å². The van der Waals surface area contributed by atoms with Crippen LogP contribution in [0.25, 0.3) is 0 Å². The van der Waals surface area contributed by atoms with Crippen LogP contribution in [0.5, 0.6) is 5.75 Å². The summed E-state index contributed by atoms with van der Waals surface area (Å²) in [5.74, 6) is 0.710. The molecule has 1 aliphatic rings. The summed E-state index contributed by atoms with van der Waals surface area (Å²) in [7, 11) is 0. The summed E-state index contributed by atoms with van der Waals surface area (Å²) in [6, 6.07) is 7.76. The number of benzene rings is 1. The molecule has 0 aliphatic carbocycles. The predicted molar refractivity (Wildman–Crippen MR) is 58.2 cm³/mol. The van der Waals surface area contributed by atoms with E-state index in [9.17, 15) is 4.79 Å². The Balaban J connectivity index is 2.18. The molecule has 1 aromatic carbocycles. The van der Waals surface area contributed by atoms with Gasteiger partial charge in [0.25, 0.3) is 0 Å². The van der Waals surface area contributed by atoms with Gasteiger partial charge in [-0.1, -0.05) is 18.2 Å². The first-order valence-corrected chi connectivity index (χ1v) is 5.42. The lowest BCUT2D eigenvalue weighted by atomic mass is 10.0. The van der Waals surface area contributed by atoms with Gasteiger partial charge in [0.15, 0.2) is 0 Å². The van der Waals surface area contributed by atoms with Crippen LogP contribution < -0.4 is 10.1 Å². The SMILES string of the molecule is O=C(CCl)NC1CCOc2ccccc21. The summed E-state index contributed by atoms with van der Waals surface area (Å²) in [6.07, 6.45) is 0.791. The van der Waals surface area contributed by atoms with E-state index < -0.39 is 0 Å². The molecule has 4 heteroatoms. The topological polar surface area (TPSA) is 38.3 Å². The molecule has 0 saturated heterocycles. The molecule has 1 heterocycles. The molecule has 1 aliphatic heterocycles. The van der Waals surface area contributed by atoms with Crippen LogP contribution in [0, 0.1) is 0 Å². The first-order valence-electron chi connectivity index (χ1n) is 4.88. The summed E-state index contributed by atoms with van der Waals surface area (Å²) < 4.78 is 5.48. The maximum Gasteiger partial charge on any atom is 0.235 e. The van der Waals surface area contributed by atoms with Gasteiger partial charge < -0.3 is 10.1 Å². The van der Waals surface area contributed by atoms with Crippen molar-refractivity contribution in [2.45, 2.75) is 12.5 Å². The third kappa shape index (κ3) is 2.23. The van der Waals surface area contributed by atoms with Crippen LogP contribution in [0.4, 0.5) is 0 Å². The van der Waals surface area contributed by atoms with E-state index in [1.54, 1.807) is 0 Å². The first kappa shape index (κ1) is 10.3. The van der Waals surface area contributed by atoms with Crippen molar-refractivity contribution >= 4 is 17.5 Å². The van der Waals surface area contributed by atoms with Crippen LogP contribution >= 0.6 is 11.6 Å². The number of carbonyl (C=O) groups is 1. The van der Waals surface area contributed by atoms with E-state index in [1.807, 2.05) is 24.3 Å².